The molecule has 0 spiro atoms. The number of nitrogens with two attached hydrogens (primary N) is 1. The lowest BCUT2D eigenvalue weighted by molar-refractivity contribution is -0.384. The normalized spacial score (nSPS) is 11.3. The van der Waals surface area contributed by atoms with Crippen LogP contribution in [-0.2, 0) is 0 Å². The number of nitro benzene ring substituents is 1. The largest absolute Gasteiger partial charge is 0.387 e. The maximum Gasteiger partial charge on any atom is 0.270 e. The van der Waals surface area contributed by atoms with Gasteiger partial charge >= 0.3 is 0 Å². The van der Waals surface area contributed by atoms with Crippen molar-refractivity contribution in [2.75, 3.05) is 0 Å². The Morgan fingerprint density at radius 3 is 2.61 bits per heavy atom. The van der Waals surface area contributed by atoms with Gasteiger partial charge in [0.2, 0.25) is 0 Å². The Balaban J connectivity index is 2.62. The quantitative estimate of drug-likeness (QED) is 0.373. The standard InChI is InChI=1S/C17H16ClN3O2/c1-3-17(19)20-16-9-8-12(21(22)23)10-14(16)11(2)13-6-4-5-7-15(13)18/h4-10H,2-3H2,1H3,(H2,19,20). The molecule has 0 saturated heterocycles. The molecular weight excluding hydrogens is 314 g/mol. The molecule has 0 aliphatic heterocycles. The first-order chi connectivity index (χ1) is 10.9. The molecule has 118 valence electrons. The Labute approximate surface area is 139 Å². The molecule has 0 aliphatic carbocycles. The number of benzene rings is 2. The van der Waals surface area contributed by atoms with Gasteiger partial charge in [0.1, 0.15) is 0 Å². The van der Waals surface area contributed by atoms with Crippen LogP contribution >= 0.6 is 11.6 Å². The molecule has 0 heterocycles. The highest BCUT2D eigenvalue weighted by Crippen LogP contribution is 2.35. The number of aliphatic imine (C=N–C) groups is 1. The molecule has 2 aromatic carbocycles. The molecule has 2 aromatic rings. The van der Waals surface area contributed by atoms with Crippen LogP contribution < -0.4 is 5.73 Å². The predicted octanol–water partition coefficient (Wildman–Crippen LogP) is 4.71. The summed E-state index contributed by atoms with van der Waals surface area (Å²) in [4.78, 5) is 14.9. The van der Waals surface area contributed by atoms with E-state index < -0.39 is 4.92 Å². The highest BCUT2D eigenvalue weighted by molar-refractivity contribution is 6.32. The van der Waals surface area contributed by atoms with E-state index in [1.165, 1.54) is 12.1 Å². The van der Waals surface area contributed by atoms with Crippen molar-refractivity contribution in [3.05, 3.63) is 75.3 Å². The van der Waals surface area contributed by atoms with Crippen molar-refractivity contribution in [3.8, 4) is 0 Å². The average molecular weight is 330 g/mol. The van der Waals surface area contributed by atoms with Crippen LogP contribution in [0.5, 0.6) is 0 Å². The topological polar surface area (TPSA) is 81.5 Å². The van der Waals surface area contributed by atoms with E-state index in [4.69, 9.17) is 17.3 Å². The Hall–Kier alpha value is -2.66. The zero-order valence-electron chi connectivity index (χ0n) is 12.6. The number of hydrogen-bond acceptors (Lipinski definition) is 3. The molecule has 2 rings (SSSR count). The summed E-state index contributed by atoms with van der Waals surface area (Å²) < 4.78 is 0. The molecule has 2 N–H and O–H groups in total. The molecule has 23 heavy (non-hydrogen) atoms. The fourth-order valence-electron chi connectivity index (χ4n) is 2.06. The SMILES string of the molecule is C=C(c1ccccc1Cl)c1cc([N+](=O)[O-])ccc1N=C(N)CC. The van der Waals surface area contributed by atoms with E-state index in [9.17, 15) is 10.1 Å². The number of non-ortho nitro benzene ring substituents is 1. The number of rotatable bonds is 5. The van der Waals surface area contributed by atoms with Crippen LogP contribution in [0.2, 0.25) is 5.02 Å². The molecule has 6 heteroatoms. The lowest BCUT2D eigenvalue weighted by atomic mass is 9.97. The summed E-state index contributed by atoms with van der Waals surface area (Å²) >= 11 is 6.20. The maximum atomic E-state index is 11.1. The number of amidine groups is 1. The summed E-state index contributed by atoms with van der Waals surface area (Å²) in [5.41, 5.74) is 8.07. The molecule has 0 fully saturated rings. The van der Waals surface area contributed by atoms with Crippen LogP contribution in [0, 0.1) is 10.1 Å². The summed E-state index contributed by atoms with van der Waals surface area (Å²) in [5, 5.41) is 11.6. The van der Waals surface area contributed by atoms with E-state index in [1.54, 1.807) is 24.3 Å². The van der Waals surface area contributed by atoms with Gasteiger partial charge in [-0.25, -0.2) is 4.99 Å². The molecular formula is C17H16ClN3O2. The fourth-order valence-corrected chi connectivity index (χ4v) is 2.31. The second kappa shape index (κ2) is 7.07. The zero-order valence-corrected chi connectivity index (χ0v) is 13.4. The van der Waals surface area contributed by atoms with Gasteiger partial charge in [-0.15, -0.1) is 0 Å². The summed E-state index contributed by atoms with van der Waals surface area (Å²) in [5.74, 6) is 0.437. The third-order valence-electron chi connectivity index (χ3n) is 3.34. The van der Waals surface area contributed by atoms with Crippen LogP contribution in [0.4, 0.5) is 11.4 Å². The number of hydrogen-bond donors (Lipinski definition) is 1. The number of halogens is 1. The first-order valence-electron chi connectivity index (χ1n) is 6.99. The first-order valence-corrected chi connectivity index (χ1v) is 7.37. The smallest absolute Gasteiger partial charge is 0.270 e. The van der Waals surface area contributed by atoms with Crippen molar-refractivity contribution < 1.29 is 4.92 Å². The third-order valence-corrected chi connectivity index (χ3v) is 3.67. The average Bonchev–Trinajstić information content (AvgIpc) is 2.54. The lowest BCUT2D eigenvalue weighted by Crippen LogP contribution is -2.08. The molecule has 5 nitrogen and oxygen atoms in total. The summed E-state index contributed by atoms with van der Waals surface area (Å²) in [7, 11) is 0. The molecule has 0 amide bonds. The van der Waals surface area contributed by atoms with Gasteiger partial charge in [-0.05, 0) is 17.7 Å². The van der Waals surface area contributed by atoms with E-state index >= 15 is 0 Å². The summed E-state index contributed by atoms with van der Waals surface area (Å²) in [6, 6.07) is 11.6. The van der Waals surface area contributed by atoms with Crippen molar-refractivity contribution in [3.63, 3.8) is 0 Å². The highest BCUT2D eigenvalue weighted by atomic mass is 35.5. The van der Waals surface area contributed by atoms with E-state index in [0.29, 0.717) is 39.7 Å². The van der Waals surface area contributed by atoms with Gasteiger partial charge in [0.25, 0.3) is 5.69 Å². The molecule has 0 radical (unpaired) electrons. The van der Waals surface area contributed by atoms with Crippen LogP contribution in [0.3, 0.4) is 0 Å². The van der Waals surface area contributed by atoms with Crippen molar-refractivity contribution >= 4 is 34.4 Å². The van der Waals surface area contributed by atoms with Crippen molar-refractivity contribution in [1.82, 2.24) is 0 Å². The van der Waals surface area contributed by atoms with Crippen molar-refractivity contribution in [2.24, 2.45) is 10.7 Å². The highest BCUT2D eigenvalue weighted by Gasteiger charge is 2.15. The molecule has 0 unspecified atom stereocenters. The number of nitrogens with zero attached hydrogens (tertiary/aromatic N) is 2. The van der Waals surface area contributed by atoms with Gasteiger partial charge in [-0.2, -0.15) is 0 Å². The Bertz CT molecular complexity index is 800. The van der Waals surface area contributed by atoms with Gasteiger partial charge in [0, 0.05) is 34.7 Å². The predicted molar refractivity (Wildman–Crippen MR) is 94.3 cm³/mol. The minimum absolute atomic E-state index is 0.0396. The minimum atomic E-state index is -0.458. The van der Waals surface area contributed by atoms with E-state index in [0.717, 1.165) is 0 Å². The second-order valence-electron chi connectivity index (χ2n) is 4.87. The van der Waals surface area contributed by atoms with Gasteiger partial charge in [0.15, 0.2) is 0 Å². The summed E-state index contributed by atoms with van der Waals surface area (Å²) in [6.07, 6.45) is 0.578. The van der Waals surface area contributed by atoms with Gasteiger partial charge in [0.05, 0.1) is 16.4 Å². The van der Waals surface area contributed by atoms with Crippen LogP contribution in [-0.4, -0.2) is 10.8 Å². The van der Waals surface area contributed by atoms with Crippen LogP contribution in [0.15, 0.2) is 54.0 Å². The molecule has 0 bridgehead atoms. The molecule has 0 aliphatic rings. The van der Waals surface area contributed by atoms with E-state index in [-0.39, 0.29) is 5.69 Å². The molecule has 0 aromatic heterocycles. The fraction of sp³-hybridized carbons (Fsp3) is 0.118. The van der Waals surface area contributed by atoms with Gasteiger partial charge in [-0.1, -0.05) is 43.3 Å². The van der Waals surface area contributed by atoms with E-state index in [1.807, 2.05) is 13.0 Å². The zero-order chi connectivity index (χ0) is 17.0. The Morgan fingerprint density at radius 2 is 2.00 bits per heavy atom. The van der Waals surface area contributed by atoms with Crippen molar-refractivity contribution in [2.45, 2.75) is 13.3 Å². The van der Waals surface area contributed by atoms with Crippen LogP contribution in [0.1, 0.15) is 24.5 Å². The van der Waals surface area contributed by atoms with Crippen LogP contribution in [0.25, 0.3) is 5.57 Å². The third kappa shape index (κ3) is 3.76. The monoisotopic (exact) mass is 329 g/mol. The maximum absolute atomic E-state index is 11.1. The molecule has 0 saturated carbocycles. The van der Waals surface area contributed by atoms with Crippen molar-refractivity contribution in [1.29, 1.82) is 0 Å². The van der Waals surface area contributed by atoms with Gasteiger partial charge < -0.3 is 5.73 Å². The van der Waals surface area contributed by atoms with E-state index in [2.05, 4.69) is 11.6 Å². The lowest BCUT2D eigenvalue weighted by Gasteiger charge is -2.11. The second-order valence-corrected chi connectivity index (χ2v) is 5.28. The Morgan fingerprint density at radius 1 is 1.30 bits per heavy atom. The number of nitro groups is 1. The molecule has 0 atom stereocenters. The minimum Gasteiger partial charge on any atom is -0.387 e. The summed E-state index contributed by atoms with van der Waals surface area (Å²) in [6.45, 7) is 5.91. The Kier molecular flexibility index (Phi) is 5.13. The first kappa shape index (κ1) is 16.7. The van der Waals surface area contributed by atoms with Gasteiger partial charge in [-0.3, -0.25) is 10.1 Å².